The van der Waals surface area contributed by atoms with Crippen molar-refractivity contribution < 1.29 is 0 Å². The van der Waals surface area contributed by atoms with Gasteiger partial charge in [-0.25, -0.2) is 15.0 Å². The van der Waals surface area contributed by atoms with Gasteiger partial charge in [0.15, 0.2) is 0 Å². The number of halogens is 1. The molecule has 19 heavy (non-hydrogen) atoms. The Kier molecular flexibility index (Phi) is 5.26. The van der Waals surface area contributed by atoms with Gasteiger partial charge in [0.2, 0.25) is 0 Å². The van der Waals surface area contributed by atoms with E-state index in [1.807, 2.05) is 6.07 Å². The highest BCUT2D eigenvalue weighted by atomic mass is 79.9. The first-order valence-corrected chi connectivity index (χ1v) is 7.19. The molecule has 0 saturated carbocycles. The average molecular weight is 325 g/mol. The molecule has 0 atom stereocenters. The maximum absolute atomic E-state index is 4.47. The van der Waals surface area contributed by atoms with E-state index in [0.717, 1.165) is 54.3 Å². The lowest BCUT2D eigenvalue weighted by Gasteiger charge is -2.07. The molecular weight excluding hydrogens is 308 g/mol. The molecule has 2 rings (SSSR count). The third-order valence-electron chi connectivity index (χ3n) is 2.58. The van der Waals surface area contributed by atoms with E-state index in [1.54, 1.807) is 0 Å². The van der Waals surface area contributed by atoms with Crippen molar-refractivity contribution >= 4 is 21.7 Å². The number of aryl methyl sites for hydroxylation is 2. The molecule has 0 aromatic carbocycles. The maximum Gasteiger partial charge on any atom is 0.137 e. The summed E-state index contributed by atoms with van der Waals surface area (Å²) in [5, 5.41) is 9.97. The number of anilines is 1. The van der Waals surface area contributed by atoms with Crippen molar-refractivity contribution in [2.45, 2.75) is 32.6 Å². The van der Waals surface area contributed by atoms with Gasteiger partial charge in [-0.1, -0.05) is 6.92 Å². The SMILES string of the molecule is CCCc1nc(Br)cc(NCCCc2ncn[nH]2)n1. The summed E-state index contributed by atoms with van der Waals surface area (Å²) in [6.07, 6.45) is 5.32. The molecule has 0 saturated heterocycles. The summed E-state index contributed by atoms with van der Waals surface area (Å²) >= 11 is 3.41. The predicted octanol–water partition coefficient (Wildman–Crippen LogP) is 2.35. The Bertz CT molecular complexity index is 499. The third kappa shape index (κ3) is 4.59. The van der Waals surface area contributed by atoms with Crippen molar-refractivity contribution in [2.75, 3.05) is 11.9 Å². The second kappa shape index (κ2) is 7.18. The number of nitrogens with one attached hydrogen (secondary N) is 2. The van der Waals surface area contributed by atoms with Crippen molar-refractivity contribution in [1.29, 1.82) is 0 Å². The fraction of sp³-hybridized carbons (Fsp3) is 0.500. The van der Waals surface area contributed by atoms with E-state index in [0.29, 0.717) is 0 Å². The number of hydrogen-bond acceptors (Lipinski definition) is 5. The van der Waals surface area contributed by atoms with Crippen molar-refractivity contribution in [3.8, 4) is 0 Å². The van der Waals surface area contributed by atoms with Gasteiger partial charge in [0.25, 0.3) is 0 Å². The van der Waals surface area contributed by atoms with Gasteiger partial charge >= 0.3 is 0 Å². The molecule has 0 spiro atoms. The van der Waals surface area contributed by atoms with Gasteiger partial charge < -0.3 is 5.32 Å². The molecule has 0 bridgehead atoms. The lowest BCUT2D eigenvalue weighted by atomic mass is 10.3. The number of nitrogens with zero attached hydrogens (tertiary/aromatic N) is 4. The summed E-state index contributed by atoms with van der Waals surface area (Å²) in [4.78, 5) is 12.9. The minimum atomic E-state index is 0.823. The van der Waals surface area contributed by atoms with Crippen molar-refractivity contribution in [3.05, 3.63) is 28.6 Å². The smallest absolute Gasteiger partial charge is 0.137 e. The number of H-pyrrole nitrogens is 1. The quantitative estimate of drug-likeness (QED) is 0.603. The van der Waals surface area contributed by atoms with Crippen molar-refractivity contribution in [3.63, 3.8) is 0 Å². The van der Waals surface area contributed by atoms with Gasteiger partial charge in [0, 0.05) is 25.5 Å². The lowest BCUT2D eigenvalue weighted by Crippen LogP contribution is -2.07. The molecule has 0 amide bonds. The number of aromatic nitrogens is 5. The minimum Gasteiger partial charge on any atom is -0.370 e. The summed E-state index contributed by atoms with van der Waals surface area (Å²) < 4.78 is 0.823. The summed E-state index contributed by atoms with van der Waals surface area (Å²) in [7, 11) is 0. The molecule has 2 N–H and O–H groups in total. The molecule has 6 nitrogen and oxygen atoms in total. The highest BCUT2D eigenvalue weighted by Gasteiger charge is 2.02. The third-order valence-corrected chi connectivity index (χ3v) is 2.98. The topological polar surface area (TPSA) is 79.4 Å². The largest absolute Gasteiger partial charge is 0.370 e. The van der Waals surface area contributed by atoms with Crippen LogP contribution in [0.3, 0.4) is 0 Å². The van der Waals surface area contributed by atoms with Gasteiger partial charge in [-0.05, 0) is 28.8 Å². The summed E-state index contributed by atoms with van der Waals surface area (Å²) in [6, 6.07) is 1.90. The van der Waals surface area contributed by atoms with Crippen molar-refractivity contribution in [2.24, 2.45) is 0 Å². The Balaban J connectivity index is 1.81. The van der Waals surface area contributed by atoms with Gasteiger partial charge in [-0.15, -0.1) is 0 Å². The maximum atomic E-state index is 4.47. The Labute approximate surface area is 120 Å². The predicted molar refractivity (Wildman–Crippen MR) is 76.9 cm³/mol. The molecule has 0 unspecified atom stereocenters. The van der Waals surface area contributed by atoms with E-state index >= 15 is 0 Å². The molecule has 2 aromatic rings. The molecule has 0 radical (unpaired) electrons. The van der Waals surface area contributed by atoms with Crippen LogP contribution >= 0.6 is 15.9 Å². The van der Waals surface area contributed by atoms with Crippen LogP contribution in [-0.2, 0) is 12.8 Å². The Morgan fingerprint density at radius 3 is 2.95 bits per heavy atom. The van der Waals surface area contributed by atoms with E-state index in [9.17, 15) is 0 Å². The minimum absolute atomic E-state index is 0.823. The summed E-state index contributed by atoms with van der Waals surface area (Å²) in [5.74, 6) is 2.65. The molecular formula is C12H17BrN6. The highest BCUT2D eigenvalue weighted by Crippen LogP contribution is 2.13. The van der Waals surface area contributed by atoms with Crippen LogP contribution in [0.25, 0.3) is 0 Å². The van der Waals surface area contributed by atoms with Gasteiger partial charge in [0.05, 0.1) is 0 Å². The number of aromatic amines is 1. The van der Waals surface area contributed by atoms with Crippen LogP contribution in [0.2, 0.25) is 0 Å². The molecule has 2 heterocycles. The van der Waals surface area contributed by atoms with Crippen LogP contribution < -0.4 is 5.32 Å². The average Bonchev–Trinajstić information content (AvgIpc) is 2.87. The van der Waals surface area contributed by atoms with Gasteiger partial charge in [0.1, 0.15) is 28.4 Å². The number of rotatable bonds is 7. The molecule has 0 aliphatic heterocycles. The van der Waals surface area contributed by atoms with E-state index in [4.69, 9.17) is 0 Å². The lowest BCUT2D eigenvalue weighted by molar-refractivity contribution is 0.795. The molecule has 0 fully saturated rings. The van der Waals surface area contributed by atoms with E-state index in [-0.39, 0.29) is 0 Å². The van der Waals surface area contributed by atoms with Crippen LogP contribution in [0.4, 0.5) is 5.82 Å². The van der Waals surface area contributed by atoms with Crippen LogP contribution in [0.5, 0.6) is 0 Å². The molecule has 0 aliphatic rings. The number of hydrogen-bond donors (Lipinski definition) is 2. The molecule has 0 aliphatic carbocycles. The zero-order valence-corrected chi connectivity index (χ0v) is 12.4. The summed E-state index contributed by atoms with van der Waals surface area (Å²) in [5.41, 5.74) is 0. The Morgan fingerprint density at radius 1 is 1.32 bits per heavy atom. The second-order valence-electron chi connectivity index (χ2n) is 4.20. The van der Waals surface area contributed by atoms with Crippen LogP contribution in [0.15, 0.2) is 17.0 Å². The van der Waals surface area contributed by atoms with Crippen LogP contribution in [0, 0.1) is 0 Å². The second-order valence-corrected chi connectivity index (χ2v) is 5.02. The first-order chi connectivity index (χ1) is 9.28. The summed E-state index contributed by atoms with van der Waals surface area (Å²) in [6.45, 7) is 2.96. The zero-order valence-electron chi connectivity index (χ0n) is 10.9. The monoisotopic (exact) mass is 324 g/mol. The van der Waals surface area contributed by atoms with Gasteiger partial charge in [-0.3, -0.25) is 5.10 Å². The van der Waals surface area contributed by atoms with E-state index in [1.165, 1.54) is 6.33 Å². The van der Waals surface area contributed by atoms with Crippen molar-refractivity contribution in [1.82, 2.24) is 25.1 Å². The standard InChI is InChI=1S/C12H17BrN6/c1-2-4-11-17-9(13)7-12(18-11)14-6-3-5-10-15-8-16-19-10/h7-8H,2-6H2,1H3,(H,14,17,18)(H,15,16,19). The zero-order chi connectivity index (χ0) is 13.5. The first-order valence-electron chi connectivity index (χ1n) is 6.39. The van der Waals surface area contributed by atoms with Gasteiger partial charge in [-0.2, -0.15) is 5.10 Å². The first kappa shape index (κ1) is 13.9. The van der Waals surface area contributed by atoms with Crippen LogP contribution in [0.1, 0.15) is 31.4 Å². The Morgan fingerprint density at radius 2 is 2.21 bits per heavy atom. The van der Waals surface area contributed by atoms with E-state index in [2.05, 4.69) is 53.3 Å². The fourth-order valence-electron chi connectivity index (χ4n) is 1.71. The Hall–Kier alpha value is -1.50. The fourth-order valence-corrected chi connectivity index (χ4v) is 2.14. The molecule has 102 valence electrons. The highest BCUT2D eigenvalue weighted by molar-refractivity contribution is 9.10. The molecule has 2 aromatic heterocycles. The van der Waals surface area contributed by atoms with E-state index < -0.39 is 0 Å². The normalized spacial score (nSPS) is 10.6. The molecule has 7 heteroatoms. The van der Waals surface area contributed by atoms with Crippen LogP contribution in [-0.4, -0.2) is 31.7 Å².